The van der Waals surface area contributed by atoms with Crippen molar-refractivity contribution >= 4 is 32.7 Å². The fourth-order valence-corrected chi connectivity index (χ4v) is 9.74. The Labute approximate surface area is 313 Å². The first-order chi connectivity index (χ1) is 26.8. The molecule has 0 unspecified atom stereocenters. The zero-order chi connectivity index (χ0) is 35.4. The van der Waals surface area contributed by atoms with Crippen molar-refractivity contribution in [1.29, 1.82) is 0 Å². The smallest absolute Gasteiger partial charge is 0.0725 e. The average Bonchev–Trinajstić information content (AvgIpc) is 3.84. The molecule has 250 valence electrons. The second-order valence-corrected chi connectivity index (χ2v) is 14.7. The largest absolute Gasteiger partial charge is 0.309 e. The van der Waals surface area contributed by atoms with Gasteiger partial charge in [0.1, 0.15) is 0 Å². The van der Waals surface area contributed by atoms with Gasteiger partial charge in [-0.05, 0) is 104 Å². The molecule has 2 heterocycles. The van der Waals surface area contributed by atoms with E-state index >= 15 is 0 Å². The van der Waals surface area contributed by atoms with Crippen LogP contribution in [0.15, 0.2) is 194 Å². The third-order valence-corrected chi connectivity index (χ3v) is 12.0. The second kappa shape index (κ2) is 11.0. The van der Waals surface area contributed by atoms with Crippen LogP contribution in [0.4, 0.5) is 0 Å². The van der Waals surface area contributed by atoms with Crippen LogP contribution < -0.4 is 0 Å². The summed E-state index contributed by atoms with van der Waals surface area (Å²) in [7, 11) is 0. The maximum absolute atomic E-state index is 5.00. The highest BCUT2D eigenvalue weighted by Crippen LogP contribution is 2.63. The summed E-state index contributed by atoms with van der Waals surface area (Å²) in [5.41, 5.74) is 19.4. The number of aromatic nitrogens is 2. The number of pyridine rings is 1. The zero-order valence-corrected chi connectivity index (χ0v) is 29.4. The maximum atomic E-state index is 5.00. The summed E-state index contributed by atoms with van der Waals surface area (Å²) in [6.45, 7) is 0. The van der Waals surface area contributed by atoms with E-state index in [4.69, 9.17) is 4.98 Å². The minimum absolute atomic E-state index is 0.374. The van der Waals surface area contributed by atoms with Gasteiger partial charge < -0.3 is 4.57 Å². The van der Waals surface area contributed by atoms with Gasteiger partial charge in [-0.3, -0.25) is 0 Å². The van der Waals surface area contributed by atoms with Gasteiger partial charge in [0.05, 0.1) is 27.7 Å². The van der Waals surface area contributed by atoms with E-state index in [1.54, 1.807) is 0 Å². The van der Waals surface area contributed by atoms with Gasteiger partial charge in [-0.1, -0.05) is 146 Å². The molecule has 0 aliphatic heterocycles. The quantitative estimate of drug-likeness (QED) is 0.181. The topological polar surface area (TPSA) is 17.8 Å². The molecule has 2 nitrogen and oxygen atoms in total. The van der Waals surface area contributed by atoms with Crippen LogP contribution in [0.2, 0.25) is 0 Å². The number of hydrogen-bond acceptors (Lipinski definition) is 1. The molecule has 10 aromatic rings. The van der Waals surface area contributed by atoms with E-state index in [1.807, 2.05) is 6.07 Å². The van der Waals surface area contributed by atoms with E-state index in [-0.39, 0.29) is 5.41 Å². The minimum Gasteiger partial charge on any atom is -0.309 e. The molecular formula is C52H32N2. The van der Waals surface area contributed by atoms with Gasteiger partial charge in [-0.25, -0.2) is 4.98 Å². The van der Waals surface area contributed by atoms with Crippen LogP contribution in [-0.2, 0) is 5.41 Å². The van der Waals surface area contributed by atoms with Gasteiger partial charge in [-0.15, -0.1) is 0 Å². The molecule has 0 saturated heterocycles. The van der Waals surface area contributed by atoms with Crippen LogP contribution in [0.25, 0.3) is 83.0 Å². The van der Waals surface area contributed by atoms with Gasteiger partial charge in [0.25, 0.3) is 0 Å². The maximum Gasteiger partial charge on any atom is 0.0725 e. The van der Waals surface area contributed by atoms with Gasteiger partial charge in [0, 0.05) is 27.4 Å². The third-order valence-electron chi connectivity index (χ3n) is 12.0. The molecule has 1 spiro atoms. The van der Waals surface area contributed by atoms with Crippen LogP contribution in [-0.4, -0.2) is 9.55 Å². The molecule has 2 aliphatic carbocycles. The fourth-order valence-electron chi connectivity index (χ4n) is 9.74. The van der Waals surface area contributed by atoms with Crippen molar-refractivity contribution in [3.05, 3.63) is 216 Å². The van der Waals surface area contributed by atoms with Crippen LogP contribution in [0, 0.1) is 0 Å². The Morgan fingerprint density at radius 1 is 0.370 bits per heavy atom. The SMILES string of the molecule is c1cc(-c2cccc(-n3c4ccccc4c4cc5c(cc43)-c3ccccc3C53c4ccccc4-c4ccccc43)c2)cc(-c2ccc3ccccc3n2)c1. The Balaban J connectivity index is 1.07. The molecule has 0 N–H and O–H groups in total. The van der Waals surface area contributed by atoms with Crippen LogP contribution in [0.1, 0.15) is 22.3 Å². The van der Waals surface area contributed by atoms with Crippen molar-refractivity contribution in [2.24, 2.45) is 0 Å². The van der Waals surface area contributed by atoms with Gasteiger partial charge in [0.15, 0.2) is 0 Å². The Morgan fingerprint density at radius 3 is 1.76 bits per heavy atom. The van der Waals surface area contributed by atoms with E-state index < -0.39 is 0 Å². The molecule has 0 bridgehead atoms. The molecule has 0 amide bonds. The van der Waals surface area contributed by atoms with Crippen molar-refractivity contribution in [3.63, 3.8) is 0 Å². The lowest BCUT2D eigenvalue weighted by molar-refractivity contribution is 0.795. The normalized spacial score (nSPS) is 13.3. The number of benzene rings is 8. The standard InChI is InChI=1S/C52H32N2/c1-9-25-48-33(13-1)27-28-49(53-48)36-16-11-14-34(29-36)35-15-12-17-37(30-35)54-50-26-10-5-21-41(50)43-31-47-42(32-51(43)54)40-20-4-8-24-46(40)52(47)44-22-6-2-18-38(44)39-19-3-7-23-45(39)52/h1-32H. The van der Waals surface area contributed by atoms with E-state index in [0.717, 1.165) is 27.8 Å². The highest BCUT2D eigenvalue weighted by Gasteiger charge is 2.51. The minimum atomic E-state index is -0.374. The first-order valence-electron chi connectivity index (χ1n) is 18.7. The number of rotatable bonds is 3. The molecule has 54 heavy (non-hydrogen) atoms. The molecule has 2 heteroatoms. The van der Waals surface area contributed by atoms with Crippen LogP contribution in [0.3, 0.4) is 0 Å². The zero-order valence-electron chi connectivity index (χ0n) is 29.4. The van der Waals surface area contributed by atoms with Gasteiger partial charge >= 0.3 is 0 Å². The molecule has 0 radical (unpaired) electrons. The molecule has 0 saturated carbocycles. The first kappa shape index (κ1) is 29.5. The summed E-state index contributed by atoms with van der Waals surface area (Å²) in [5.74, 6) is 0. The monoisotopic (exact) mass is 684 g/mol. The van der Waals surface area contributed by atoms with Crippen molar-refractivity contribution in [1.82, 2.24) is 9.55 Å². The second-order valence-electron chi connectivity index (χ2n) is 14.7. The highest BCUT2D eigenvalue weighted by atomic mass is 15.0. The summed E-state index contributed by atoms with van der Waals surface area (Å²) < 4.78 is 2.47. The molecule has 2 aliphatic rings. The summed E-state index contributed by atoms with van der Waals surface area (Å²) in [4.78, 5) is 5.00. The van der Waals surface area contributed by atoms with Crippen molar-refractivity contribution in [2.75, 3.05) is 0 Å². The lowest BCUT2D eigenvalue weighted by Crippen LogP contribution is -2.25. The Hall–Kier alpha value is -7.03. The van der Waals surface area contributed by atoms with E-state index in [2.05, 4.69) is 193 Å². The van der Waals surface area contributed by atoms with Crippen molar-refractivity contribution in [2.45, 2.75) is 5.41 Å². The van der Waals surface area contributed by atoms with Crippen LogP contribution >= 0.6 is 0 Å². The Bertz CT molecular complexity index is 3140. The lowest BCUT2D eigenvalue weighted by atomic mass is 9.70. The molecule has 2 aromatic heterocycles. The lowest BCUT2D eigenvalue weighted by Gasteiger charge is -2.30. The van der Waals surface area contributed by atoms with E-state index in [1.165, 1.54) is 77.4 Å². The Morgan fingerprint density at radius 2 is 0.981 bits per heavy atom. The number of para-hydroxylation sites is 2. The summed E-state index contributed by atoms with van der Waals surface area (Å²) >= 11 is 0. The predicted molar refractivity (Wildman–Crippen MR) is 223 cm³/mol. The van der Waals surface area contributed by atoms with Crippen LogP contribution in [0.5, 0.6) is 0 Å². The first-order valence-corrected chi connectivity index (χ1v) is 18.7. The summed E-state index contributed by atoms with van der Waals surface area (Å²) in [5, 5.41) is 3.68. The number of fused-ring (bicyclic) bond motifs is 14. The van der Waals surface area contributed by atoms with Crippen molar-refractivity contribution < 1.29 is 0 Å². The summed E-state index contributed by atoms with van der Waals surface area (Å²) in [6.07, 6.45) is 0. The number of hydrogen-bond donors (Lipinski definition) is 0. The highest BCUT2D eigenvalue weighted by molar-refractivity contribution is 6.12. The number of nitrogens with zero attached hydrogens (tertiary/aromatic N) is 2. The van der Waals surface area contributed by atoms with Crippen molar-refractivity contribution in [3.8, 4) is 50.3 Å². The molecular weight excluding hydrogens is 653 g/mol. The van der Waals surface area contributed by atoms with E-state index in [0.29, 0.717) is 0 Å². The Kier molecular flexibility index (Phi) is 6.01. The van der Waals surface area contributed by atoms with Gasteiger partial charge in [0.2, 0.25) is 0 Å². The molecule has 8 aromatic carbocycles. The molecule has 12 rings (SSSR count). The predicted octanol–water partition coefficient (Wildman–Crippen LogP) is 13.0. The molecule has 0 fully saturated rings. The molecule has 0 atom stereocenters. The summed E-state index contributed by atoms with van der Waals surface area (Å²) in [6, 6.07) is 71.4. The van der Waals surface area contributed by atoms with E-state index in [9.17, 15) is 0 Å². The fraction of sp³-hybridized carbons (Fsp3) is 0.0192. The average molecular weight is 685 g/mol. The third kappa shape index (κ3) is 3.92. The van der Waals surface area contributed by atoms with Gasteiger partial charge in [-0.2, -0.15) is 0 Å².